The van der Waals surface area contributed by atoms with Gasteiger partial charge in [-0.15, -0.1) is 0 Å². The number of alkyl halides is 1. The lowest BCUT2D eigenvalue weighted by Crippen LogP contribution is -2.28. The largest absolute Gasteiger partial charge is 0.446 e. The van der Waals surface area contributed by atoms with Crippen molar-refractivity contribution in [3.05, 3.63) is 0 Å². The molecule has 3 nitrogen and oxygen atoms in total. The fraction of sp³-hybridized carbons (Fsp3) is 0.875. The Bertz CT molecular complexity index is 163. The SMILES string of the molecule is NC(=O)OC1CCCC(CBr)C1. The van der Waals surface area contributed by atoms with Gasteiger partial charge in [-0.2, -0.15) is 0 Å². The summed E-state index contributed by atoms with van der Waals surface area (Å²) in [7, 11) is 0. The van der Waals surface area contributed by atoms with Gasteiger partial charge in [-0.05, 0) is 31.6 Å². The average molecular weight is 236 g/mol. The lowest BCUT2D eigenvalue weighted by Gasteiger charge is -2.26. The van der Waals surface area contributed by atoms with Crippen LogP contribution in [0.4, 0.5) is 4.79 Å². The molecule has 1 fully saturated rings. The Morgan fingerprint density at radius 3 is 2.92 bits per heavy atom. The van der Waals surface area contributed by atoms with Gasteiger partial charge < -0.3 is 10.5 Å². The summed E-state index contributed by atoms with van der Waals surface area (Å²) in [5.41, 5.74) is 4.94. The molecular weight excluding hydrogens is 222 g/mol. The molecule has 1 aliphatic rings. The molecule has 70 valence electrons. The highest BCUT2D eigenvalue weighted by Gasteiger charge is 2.23. The van der Waals surface area contributed by atoms with E-state index in [0.717, 1.165) is 24.6 Å². The molecule has 1 rings (SSSR count). The van der Waals surface area contributed by atoms with E-state index in [9.17, 15) is 4.79 Å². The minimum Gasteiger partial charge on any atom is -0.446 e. The molecule has 2 N–H and O–H groups in total. The van der Waals surface area contributed by atoms with Crippen LogP contribution in [-0.2, 0) is 4.74 Å². The van der Waals surface area contributed by atoms with Crippen molar-refractivity contribution in [1.82, 2.24) is 0 Å². The molecule has 0 spiro atoms. The van der Waals surface area contributed by atoms with Crippen molar-refractivity contribution in [2.75, 3.05) is 5.33 Å². The smallest absolute Gasteiger partial charge is 0.404 e. The van der Waals surface area contributed by atoms with Gasteiger partial charge in [-0.3, -0.25) is 0 Å². The third kappa shape index (κ3) is 3.01. The van der Waals surface area contributed by atoms with Gasteiger partial charge in [-0.1, -0.05) is 15.9 Å². The summed E-state index contributed by atoms with van der Waals surface area (Å²) in [6, 6.07) is 0. The molecule has 0 aromatic rings. The van der Waals surface area contributed by atoms with Crippen LogP contribution in [0.3, 0.4) is 0 Å². The minimum atomic E-state index is -0.643. The van der Waals surface area contributed by atoms with Crippen molar-refractivity contribution in [3.8, 4) is 0 Å². The number of ether oxygens (including phenoxy) is 1. The van der Waals surface area contributed by atoms with Gasteiger partial charge in [0.15, 0.2) is 0 Å². The van der Waals surface area contributed by atoms with E-state index in [0.29, 0.717) is 5.92 Å². The Hall–Kier alpha value is -0.250. The molecule has 0 aromatic heterocycles. The standard InChI is InChI=1S/C8H14BrNO2/c9-5-6-2-1-3-7(4-6)12-8(10)11/h6-7H,1-5H2,(H2,10,11). The highest BCUT2D eigenvalue weighted by molar-refractivity contribution is 9.09. The van der Waals surface area contributed by atoms with Gasteiger partial charge in [0, 0.05) is 5.33 Å². The average Bonchev–Trinajstić information content (AvgIpc) is 2.03. The van der Waals surface area contributed by atoms with E-state index in [1.807, 2.05) is 0 Å². The second kappa shape index (κ2) is 4.70. The maximum absolute atomic E-state index is 10.5. The Balaban J connectivity index is 2.30. The van der Waals surface area contributed by atoms with Crippen LogP contribution in [0.25, 0.3) is 0 Å². The zero-order valence-electron chi connectivity index (χ0n) is 6.96. The Morgan fingerprint density at radius 2 is 2.33 bits per heavy atom. The number of halogens is 1. The van der Waals surface area contributed by atoms with Gasteiger partial charge in [0.25, 0.3) is 0 Å². The maximum atomic E-state index is 10.5. The van der Waals surface area contributed by atoms with Crippen molar-refractivity contribution < 1.29 is 9.53 Å². The number of rotatable bonds is 2. The first kappa shape index (κ1) is 9.84. The highest BCUT2D eigenvalue weighted by Crippen LogP contribution is 2.27. The number of primary amides is 1. The normalized spacial score (nSPS) is 29.8. The topological polar surface area (TPSA) is 52.3 Å². The molecule has 2 atom stereocenters. The fourth-order valence-corrected chi connectivity index (χ4v) is 2.24. The summed E-state index contributed by atoms with van der Waals surface area (Å²) in [5, 5.41) is 0.992. The second-order valence-electron chi connectivity index (χ2n) is 3.25. The minimum absolute atomic E-state index is 0.0544. The van der Waals surface area contributed by atoms with E-state index in [2.05, 4.69) is 15.9 Å². The van der Waals surface area contributed by atoms with Crippen LogP contribution < -0.4 is 5.73 Å². The third-order valence-corrected chi connectivity index (χ3v) is 3.15. The molecular formula is C8H14BrNO2. The van der Waals surface area contributed by atoms with Gasteiger partial charge in [-0.25, -0.2) is 4.79 Å². The summed E-state index contributed by atoms with van der Waals surface area (Å²) in [4.78, 5) is 10.5. The molecule has 0 aromatic carbocycles. The van der Waals surface area contributed by atoms with Crippen LogP contribution in [-0.4, -0.2) is 17.5 Å². The van der Waals surface area contributed by atoms with E-state index in [-0.39, 0.29) is 6.10 Å². The van der Waals surface area contributed by atoms with Crippen molar-refractivity contribution in [2.24, 2.45) is 11.7 Å². The molecule has 12 heavy (non-hydrogen) atoms. The molecule has 1 saturated carbocycles. The molecule has 0 saturated heterocycles. The molecule has 4 heteroatoms. The van der Waals surface area contributed by atoms with E-state index in [1.165, 1.54) is 6.42 Å². The van der Waals surface area contributed by atoms with Gasteiger partial charge in [0.05, 0.1) is 0 Å². The van der Waals surface area contributed by atoms with Crippen molar-refractivity contribution in [2.45, 2.75) is 31.8 Å². The molecule has 0 bridgehead atoms. The van der Waals surface area contributed by atoms with Crippen LogP contribution in [0, 0.1) is 5.92 Å². The van der Waals surface area contributed by atoms with Gasteiger partial charge in [0.2, 0.25) is 0 Å². The van der Waals surface area contributed by atoms with Crippen LogP contribution in [0.15, 0.2) is 0 Å². The first-order valence-electron chi connectivity index (χ1n) is 4.24. The van der Waals surface area contributed by atoms with Crippen molar-refractivity contribution >= 4 is 22.0 Å². The van der Waals surface area contributed by atoms with E-state index in [1.54, 1.807) is 0 Å². The molecule has 0 heterocycles. The molecule has 1 amide bonds. The molecule has 0 aliphatic heterocycles. The number of amides is 1. The lowest BCUT2D eigenvalue weighted by molar-refractivity contribution is 0.0700. The summed E-state index contributed by atoms with van der Waals surface area (Å²) in [6.07, 6.45) is 3.69. The third-order valence-electron chi connectivity index (χ3n) is 2.24. The molecule has 1 aliphatic carbocycles. The van der Waals surface area contributed by atoms with E-state index < -0.39 is 6.09 Å². The van der Waals surface area contributed by atoms with Crippen molar-refractivity contribution in [3.63, 3.8) is 0 Å². The van der Waals surface area contributed by atoms with Crippen LogP contribution in [0.2, 0.25) is 0 Å². The maximum Gasteiger partial charge on any atom is 0.404 e. The highest BCUT2D eigenvalue weighted by atomic mass is 79.9. The molecule has 2 unspecified atom stereocenters. The summed E-state index contributed by atoms with van der Waals surface area (Å²) in [6.45, 7) is 0. The zero-order chi connectivity index (χ0) is 8.97. The van der Waals surface area contributed by atoms with Crippen LogP contribution in [0.5, 0.6) is 0 Å². The zero-order valence-corrected chi connectivity index (χ0v) is 8.55. The first-order chi connectivity index (χ1) is 5.72. The lowest BCUT2D eigenvalue weighted by atomic mass is 9.89. The summed E-state index contributed by atoms with van der Waals surface area (Å²) >= 11 is 3.43. The second-order valence-corrected chi connectivity index (χ2v) is 3.89. The Labute approximate surface area is 80.8 Å². The number of carbonyl (C=O) groups excluding carboxylic acids is 1. The van der Waals surface area contributed by atoms with E-state index >= 15 is 0 Å². The Morgan fingerprint density at radius 1 is 1.58 bits per heavy atom. The number of hydrogen-bond acceptors (Lipinski definition) is 2. The Kier molecular flexibility index (Phi) is 3.85. The monoisotopic (exact) mass is 235 g/mol. The number of hydrogen-bond donors (Lipinski definition) is 1. The predicted molar refractivity (Wildman–Crippen MR) is 50.2 cm³/mol. The fourth-order valence-electron chi connectivity index (χ4n) is 1.65. The van der Waals surface area contributed by atoms with Crippen LogP contribution >= 0.6 is 15.9 Å². The number of carbonyl (C=O) groups is 1. The van der Waals surface area contributed by atoms with E-state index in [4.69, 9.17) is 10.5 Å². The van der Waals surface area contributed by atoms with Crippen LogP contribution in [0.1, 0.15) is 25.7 Å². The first-order valence-corrected chi connectivity index (χ1v) is 5.36. The summed E-state index contributed by atoms with van der Waals surface area (Å²) < 4.78 is 4.94. The van der Waals surface area contributed by atoms with Crippen molar-refractivity contribution in [1.29, 1.82) is 0 Å². The molecule has 0 radical (unpaired) electrons. The quantitative estimate of drug-likeness (QED) is 0.746. The predicted octanol–water partition coefficient (Wildman–Crippen LogP) is 2.04. The van der Waals surface area contributed by atoms with Gasteiger partial charge >= 0.3 is 6.09 Å². The summed E-state index contributed by atoms with van der Waals surface area (Å²) in [5.74, 6) is 0.642. The van der Waals surface area contributed by atoms with Gasteiger partial charge in [0.1, 0.15) is 6.10 Å². The number of nitrogens with two attached hydrogens (primary N) is 1.